The number of amides is 1. The number of aromatic nitrogens is 1. The molecule has 0 atom stereocenters. The van der Waals surface area contributed by atoms with E-state index >= 15 is 0 Å². The highest BCUT2D eigenvalue weighted by atomic mass is 32.2. The first-order valence-electron chi connectivity index (χ1n) is 7.71. The lowest BCUT2D eigenvalue weighted by molar-refractivity contribution is -0.119. The zero-order chi connectivity index (χ0) is 18.7. The van der Waals surface area contributed by atoms with Crippen LogP contribution in [-0.2, 0) is 14.8 Å². The number of carbonyl (C=O) groups is 1. The Morgan fingerprint density at radius 1 is 1.19 bits per heavy atom. The molecule has 0 saturated heterocycles. The summed E-state index contributed by atoms with van der Waals surface area (Å²) < 4.78 is 26.5. The molecule has 0 saturated carbocycles. The van der Waals surface area contributed by atoms with Crippen LogP contribution in [0.15, 0.2) is 51.7 Å². The molecule has 0 spiro atoms. The lowest BCUT2D eigenvalue weighted by Gasteiger charge is -2.10. The Hall–Kier alpha value is -1.94. The number of fused-ring (bicyclic) bond motifs is 1. The minimum Gasteiger partial charge on any atom is -0.277 e. The largest absolute Gasteiger partial charge is 0.277 e. The second kappa shape index (κ2) is 7.75. The molecule has 2 aromatic carbocycles. The zero-order valence-electron chi connectivity index (χ0n) is 14.1. The van der Waals surface area contributed by atoms with Crippen molar-refractivity contribution in [3.8, 4) is 0 Å². The Kier molecular flexibility index (Phi) is 5.61. The number of thioether (sulfide) groups is 1. The number of thiazole rings is 1. The average Bonchev–Trinajstić information content (AvgIpc) is 3.03. The van der Waals surface area contributed by atoms with Gasteiger partial charge in [-0.25, -0.2) is 13.4 Å². The van der Waals surface area contributed by atoms with E-state index in [4.69, 9.17) is 0 Å². The lowest BCUT2D eigenvalue weighted by Crippen LogP contribution is -2.42. The molecule has 0 bridgehead atoms. The molecule has 26 heavy (non-hydrogen) atoms. The maximum Gasteiger partial charge on any atom is 0.257 e. The van der Waals surface area contributed by atoms with Gasteiger partial charge in [0.2, 0.25) is 5.91 Å². The summed E-state index contributed by atoms with van der Waals surface area (Å²) in [5.41, 5.74) is 4.58. The van der Waals surface area contributed by atoms with Gasteiger partial charge in [-0.15, -0.1) is 16.2 Å². The number of para-hydroxylation sites is 1. The van der Waals surface area contributed by atoms with E-state index < -0.39 is 15.9 Å². The summed E-state index contributed by atoms with van der Waals surface area (Å²) >= 11 is 2.76. The van der Waals surface area contributed by atoms with E-state index in [0.29, 0.717) is 5.56 Å². The van der Waals surface area contributed by atoms with E-state index in [1.807, 2.05) is 37.3 Å². The predicted octanol–water partition coefficient (Wildman–Crippen LogP) is 3.01. The number of benzene rings is 2. The first-order valence-corrected chi connectivity index (χ1v) is 11.0. The maximum atomic E-state index is 12.4. The molecule has 0 aliphatic heterocycles. The van der Waals surface area contributed by atoms with Gasteiger partial charge in [0.05, 0.1) is 20.9 Å². The van der Waals surface area contributed by atoms with Crippen LogP contribution in [0, 0.1) is 13.8 Å². The Morgan fingerprint density at radius 2 is 1.96 bits per heavy atom. The highest BCUT2D eigenvalue weighted by molar-refractivity contribution is 8.01. The molecule has 0 unspecified atom stereocenters. The van der Waals surface area contributed by atoms with Crippen LogP contribution in [0.2, 0.25) is 0 Å². The quantitative estimate of drug-likeness (QED) is 0.484. The Morgan fingerprint density at radius 3 is 2.73 bits per heavy atom. The summed E-state index contributed by atoms with van der Waals surface area (Å²) in [6.45, 7) is 3.52. The Bertz CT molecular complexity index is 1030. The molecule has 3 aromatic rings. The third-order valence-corrected chi connectivity index (χ3v) is 7.13. The molecule has 0 fully saturated rings. The summed E-state index contributed by atoms with van der Waals surface area (Å²) in [4.78, 5) is 18.7. The smallest absolute Gasteiger partial charge is 0.257 e. The van der Waals surface area contributed by atoms with Crippen LogP contribution in [0.5, 0.6) is 0 Å². The topological polar surface area (TPSA) is 88.2 Å². The van der Waals surface area contributed by atoms with Crippen LogP contribution in [0.25, 0.3) is 10.2 Å². The van der Waals surface area contributed by atoms with Crippen molar-refractivity contribution < 1.29 is 13.2 Å². The fraction of sp³-hybridized carbons (Fsp3) is 0.176. The van der Waals surface area contributed by atoms with Crippen molar-refractivity contribution in [3.63, 3.8) is 0 Å². The van der Waals surface area contributed by atoms with E-state index in [2.05, 4.69) is 15.2 Å². The van der Waals surface area contributed by atoms with Crippen LogP contribution in [0.1, 0.15) is 11.1 Å². The standard InChI is InChI=1S/C17H17N3O3S3/c1-11-7-8-12(2)15(9-11)26(22,23)20-19-16(21)10-24-17-18-13-5-3-4-6-14(13)25-17/h3-9,20H,10H2,1-2H3,(H,19,21). The van der Waals surface area contributed by atoms with Gasteiger partial charge in [0.15, 0.2) is 4.34 Å². The second-order valence-corrected chi connectivity index (χ2v) is 9.56. The fourth-order valence-electron chi connectivity index (χ4n) is 2.25. The molecule has 6 nitrogen and oxygen atoms in total. The summed E-state index contributed by atoms with van der Waals surface area (Å²) in [5, 5.41) is 0. The van der Waals surface area contributed by atoms with Gasteiger partial charge in [0.25, 0.3) is 10.0 Å². The van der Waals surface area contributed by atoms with Crippen LogP contribution < -0.4 is 10.3 Å². The molecule has 3 rings (SSSR count). The van der Waals surface area contributed by atoms with Gasteiger partial charge in [-0.2, -0.15) is 0 Å². The van der Waals surface area contributed by atoms with Gasteiger partial charge in [0.1, 0.15) is 0 Å². The van der Waals surface area contributed by atoms with Gasteiger partial charge >= 0.3 is 0 Å². The summed E-state index contributed by atoms with van der Waals surface area (Å²) in [6, 6.07) is 12.9. The fourth-order valence-corrected chi connectivity index (χ4v) is 5.31. The zero-order valence-corrected chi connectivity index (χ0v) is 16.6. The van der Waals surface area contributed by atoms with E-state index in [-0.39, 0.29) is 10.6 Å². The van der Waals surface area contributed by atoms with E-state index in [1.54, 1.807) is 19.1 Å². The molecule has 9 heteroatoms. The average molecular weight is 408 g/mol. The maximum absolute atomic E-state index is 12.4. The van der Waals surface area contributed by atoms with Crippen LogP contribution in [0.4, 0.5) is 0 Å². The van der Waals surface area contributed by atoms with E-state index in [9.17, 15) is 13.2 Å². The van der Waals surface area contributed by atoms with Crippen molar-refractivity contribution in [3.05, 3.63) is 53.6 Å². The lowest BCUT2D eigenvalue weighted by atomic mass is 10.2. The molecule has 0 aliphatic rings. The number of sulfonamides is 1. The monoisotopic (exact) mass is 407 g/mol. The van der Waals surface area contributed by atoms with Crippen molar-refractivity contribution >= 4 is 49.2 Å². The molecule has 0 radical (unpaired) electrons. The number of aryl methyl sites for hydroxylation is 2. The predicted molar refractivity (Wildman–Crippen MR) is 105 cm³/mol. The minimum atomic E-state index is -3.82. The minimum absolute atomic E-state index is 0.0646. The van der Waals surface area contributed by atoms with Gasteiger partial charge in [-0.1, -0.05) is 36.0 Å². The van der Waals surface area contributed by atoms with Crippen molar-refractivity contribution in [2.75, 3.05) is 5.75 Å². The SMILES string of the molecule is Cc1ccc(C)c(S(=O)(=O)NNC(=O)CSc2nc3ccccc3s2)c1. The highest BCUT2D eigenvalue weighted by Crippen LogP contribution is 2.29. The van der Waals surface area contributed by atoms with Gasteiger partial charge in [-0.05, 0) is 43.2 Å². The number of nitrogens with one attached hydrogen (secondary N) is 2. The normalized spacial score (nSPS) is 11.6. The molecular weight excluding hydrogens is 390 g/mol. The van der Waals surface area contributed by atoms with Gasteiger partial charge in [0, 0.05) is 0 Å². The van der Waals surface area contributed by atoms with Crippen LogP contribution in [0.3, 0.4) is 0 Å². The van der Waals surface area contributed by atoms with Crippen LogP contribution in [-0.4, -0.2) is 25.1 Å². The van der Waals surface area contributed by atoms with E-state index in [0.717, 1.165) is 20.1 Å². The van der Waals surface area contributed by atoms with E-state index in [1.165, 1.54) is 23.1 Å². The number of rotatable bonds is 6. The van der Waals surface area contributed by atoms with Crippen molar-refractivity contribution in [1.82, 2.24) is 15.2 Å². The third-order valence-electron chi connectivity index (χ3n) is 3.56. The summed E-state index contributed by atoms with van der Waals surface area (Å²) in [5.74, 6) is -0.377. The molecule has 136 valence electrons. The Balaban J connectivity index is 1.58. The molecule has 1 aromatic heterocycles. The first-order chi connectivity index (χ1) is 12.3. The molecule has 0 aliphatic carbocycles. The molecule has 2 N–H and O–H groups in total. The highest BCUT2D eigenvalue weighted by Gasteiger charge is 2.18. The molecular formula is C17H17N3O3S3. The van der Waals surface area contributed by atoms with Crippen molar-refractivity contribution in [1.29, 1.82) is 0 Å². The first kappa shape index (κ1) is 18.8. The summed E-state index contributed by atoms with van der Waals surface area (Å²) in [7, 11) is -3.82. The Labute approximate surface area is 160 Å². The third kappa shape index (κ3) is 4.42. The van der Waals surface area contributed by atoms with Crippen molar-refractivity contribution in [2.45, 2.75) is 23.1 Å². The van der Waals surface area contributed by atoms with Crippen LogP contribution >= 0.6 is 23.1 Å². The number of carbonyl (C=O) groups excluding carboxylic acids is 1. The second-order valence-electron chi connectivity index (χ2n) is 5.66. The van der Waals surface area contributed by atoms with Gasteiger partial charge in [-0.3, -0.25) is 10.2 Å². The van der Waals surface area contributed by atoms with Crippen molar-refractivity contribution in [2.24, 2.45) is 0 Å². The number of hydrogen-bond acceptors (Lipinski definition) is 6. The summed E-state index contributed by atoms with van der Waals surface area (Å²) in [6.07, 6.45) is 0. The number of nitrogens with zero attached hydrogens (tertiary/aromatic N) is 1. The molecule has 1 heterocycles. The van der Waals surface area contributed by atoms with Gasteiger partial charge < -0.3 is 0 Å². The number of hydrazine groups is 1. The number of hydrogen-bond donors (Lipinski definition) is 2. The molecule has 1 amide bonds.